The molecular formula is C10H11ClN2O4S. The van der Waals surface area contributed by atoms with E-state index >= 15 is 0 Å². The summed E-state index contributed by atoms with van der Waals surface area (Å²) in [6, 6.07) is 5.67. The van der Waals surface area contributed by atoms with Gasteiger partial charge in [0.2, 0.25) is 10.0 Å². The Kier molecular flexibility index (Phi) is 3.47. The molecular weight excluding hydrogens is 280 g/mol. The van der Waals surface area contributed by atoms with E-state index in [1.165, 1.54) is 29.2 Å². The fourth-order valence-electron chi connectivity index (χ4n) is 1.63. The van der Waals surface area contributed by atoms with Gasteiger partial charge in [-0.3, -0.25) is 4.90 Å². The summed E-state index contributed by atoms with van der Waals surface area (Å²) in [6.45, 7) is 0.344. The summed E-state index contributed by atoms with van der Waals surface area (Å²) in [7, 11) is -3.73. The number of ether oxygens (including phenoxy) is 1. The third-order valence-corrected chi connectivity index (χ3v) is 3.80. The second kappa shape index (κ2) is 4.75. The number of cyclic esters (lactones) is 1. The first-order valence-corrected chi connectivity index (χ1v) is 7.17. The first-order chi connectivity index (χ1) is 8.41. The van der Waals surface area contributed by atoms with Gasteiger partial charge in [0.25, 0.3) is 0 Å². The molecule has 6 nitrogen and oxygen atoms in total. The number of alkyl halides is 1. The molecule has 1 aliphatic heterocycles. The van der Waals surface area contributed by atoms with E-state index in [9.17, 15) is 13.2 Å². The minimum atomic E-state index is -3.73. The summed E-state index contributed by atoms with van der Waals surface area (Å²) in [6.07, 6.45) is -0.846. The normalized spacial score (nSPS) is 20.0. The molecule has 1 saturated heterocycles. The molecule has 98 valence electrons. The van der Waals surface area contributed by atoms with Crippen molar-refractivity contribution in [1.82, 2.24) is 0 Å². The Morgan fingerprint density at radius 3 is 2.44 bits per heavy atom. The van der Waals surface area contributed by atoms with Crippen LogP contribution in [0.15, 0.2) is 29.2 Å². The second-order valence-corrected chi connectivity index (χ2v) is 5.68. The number of carbonyl (C=O) groups excluding carboxylic acids is 1. The largest absolute Gasteiger partial charge is 0.443 e. The van der Waals surface area contributed by atoms with E-state index in [2.05, 4.69) is 0 Å². The van der Waals surface area contributed by atoms with Gasteiger partial charge in [-0.2, -0.15) is 0 Å². The van der Waals surface area contributed by atoms with Crippen LogP contribution in [0.1, 0.15) is 0 Å². The Hall–Kier alpha value is -1.31. The maximum atomic E-state index is 11.5. The van der Waals surface area contributed by atoms with Crippen molar-refractivity contribution < 1.29 is 17.9 Å². The Morgan fingerprint density at radius 1 is 1.39 bits per heavy atom. The van der Waals surface area contributed by atoms with Crippen molar-refractivity contribution >= 4 is 33.4 Å². The summed E-state index contributed by atoms with van der Waals surface area (Å²) in [5.41, 5.74) is 0.542. The predicted octanol–water partition coefficient (Wildman–Crippen LogP) is 0.898. The fraction of sp³-hybridized carbons (Fsp3) is 0.300. The maximum absolute atomic E-state index is 11.5. The van der Waals surface area contributed by atoms with E-state index < -0.39 is 16.1 Å². The fourth-order valence-corrected chi connectivity index (χ4v) is 2.30. The SMILES string of the molecule is NS(=O)(=O)c1ccc(N2C[C@H](CCl)OC2=O)cc1. The number of anilines is 1. The Morgan fingerprint density at radius 2 is 2.00 bits per heavy atom. The summed E-state index contributed by atoms with van der Waals surface area (Å²) >= 11 is 5.61. The summed E-state index contributed by atoms with van der Waals surface area (Å²) in [5, 5.41) is 4.98. The molecule has 2 rings (SSSR count). The van der Waals surface area contributed by atoms with Gasteiger partial charge >= 0.3 is 6.09 Å². The zero-order valence-electron chi connectivity index (χ0n) is 9.24. The van der Waals surface area contributed by atoms with Gasteiger partial charge in [-0.05, 0) is 24.3 Å². The summed E-state index contributed by atoms with van der Waals surface area (Å²) in [4.78, 5) is 12.9. The van der Waals surface area contributed by atoms with Gasteiger partial charge in [0.05, 0.1) is 17.3 Å². The standard InChI is InChI=1S/C10H11ClN2O4S/c11-5-8-6-13(10(14)17-8)7-1-3-9(4-2-7)18(12,15)16/h1-4,8H,5-6H2,(H2,12,15,16)/t8-/m0/s1. The van der Waals surface area contributed by atoms with Crippen molar-refractivity contribution in [1.29, 1.82) is 0 Å². The van der Waals surface area contributed by atoms with Crippen LogP contribution in [0.25, 0.3) is 0 Å². The number of nitrogens with zero attached hydrogens (tertiary/aromatic N) is 1. The molecule has 0 saturated carbocycles. The van der Waals surface area contributed by atoms with Crippen molar-refractivity contribution in [3.05, 3.63) is 24.3 Å². The van der Waals surface area contributed by atoms with Gasteiger partial charge in [0.15, 0.2) is 0 Å². The predicted molar refractivity (Wildman–Crippen MR) is 66.2 cm³/mol. The van der Waals surface area contributed by atoms with Crippen LogP contribution in [0.3, 0.4) is 0 Å². The zero-order valence-corrected chi connectivity index (χ0v) is 10.8. The van der Waals surface area contributed by atoms with E-state index in [1.54, 1.807) is 0 Å². The molecule has 1 aromatic rings. The number of benzene rings is 1. The van der Waals surface area contributed by atoms with E-state index in [1.807, 2.05) is 0 Å². The molecule has 0 aliphatic carbocycles. The van der Waals surface area contributed by atoms with E-state index in [4.69, 9.17) is 21.5 Å². The third-order valence-electron chi connectivity index (χ3n) is 2.52. The van der Waals surface area contributed by atoms with E-state index in [0.717, 1.165) is 0 Å². The van der Waals surface area contributed by atoms with Gasteiger partial charge < -0.3 is 4.74 Å². The van der Waals surface area contributed by atoms with Gasteiger partial charge in [0, 0.05) is 5.69 Å². The van der Waals surface area contributed by atoms with Crippen LogP contribution < -0.4 is 10.0 Å². The quantitative estimate of drug-likeness (QED) is 0.838. The highest BCUT2D eigenvalue weighted by atomic mass is 35.5. The average molecular weight is 291 g/mol. The molecule has 1 aliphatic rings. The molecule has 0 aromatic heterocycles. The molecule has 0 radical (unpaired) electrons. The molecule has 1 heterocycles. The van der Waals surface area contributed by atoms with E-state index in [-0.39, 0.29) is 16.9 Å². The average Bonchev–Trinajstić information content (AvgIpc) is 2.70. The number of hydrogen-bond donors (Lipinski definition) is 1. The Balaban J connectivity index is 2.23. The van der Waals surface area contributed by atoms with Crippen molar-refractivity contribution in [3.63, 3.8) is 0 Å². The van der Waals surface area contributed by atoms with Crippen LogP contribution in [-0.2, 0) is 14.8 Å². The van der Waals surface area contributed by atoms with Gasteiger partial charge in [-0.15, -0.1) is 11.6 Å². The second-order valence-electron chi connectivity index (χ2n) is 3.81. The van der Waals surface area contributed by atoms with Gasteiger partial charge in [0.1, 0.15) is 6.10 Å². The number of hydrogen-bond acceptors (Lipinski definition) is 4. The molecule has 1 aromatic carbocycles. The van der Waals surface area contributed by atoms with Crippen molar-refractivity contribution in [3.8, 4) is 0 Å². The lowest BCUT2D eigenvalue weighted by molar-refractivity contribution is 0.151. The number of nitrogens with two attached hydrogens (primary N) is 1. The van der Waals surface area contributed by atoms with Gasteiger partial charge in [-0.1, -0.05) is 0 Å². The highest BCUT2D eigenvalue weighted by Crippen LogP contribution is 2.23. The first-order valence-electron chi connectivity index (χ1n) is 5.09. The highest BCUT2D eigenvalue weighted by Gasteiger charge is 2.31. The number of primary sulfonamides is 1. The van der Waals surface area contributed by atoms with Crippen LogP contribution in [0, 0.1) is 0 Å². The topological polar surface area (TPSA) is 89.7 Å². The molecule has 0 bridgehead atoms. The van der Waals surface area contributed by atoms with E-state index in [0.29, 0.717) is 12.2 Å². The third kappa shape index (κ3) is 2.58. The molecule has 0 unspecified atom stereocenters. The summed E-state index contributed by atoms with van der Waals surface area (Å²) < 4.78 is 27.2. The monoisotopic (exact) mass is 290 g/mol. The lowest BCUT2D eigenvalue weighted by Crippen LogP contribution is -2.24. The molecule has 1 amide bonds. The zero-order chi connectivity index (χ0) is 13.3. The smallest absolute Gasteiger partial charge is 0.414 e. The highest BCUT2D eigenvalue weighted by molar-refractivity contribution is 7.89. The Bertz CT molecular complexity index is 558. The van der Waals surface area contributed by atoms with Crippen LogP contribution in [0.4, 0.5) is 10.5 Å². The lowest BCUT2D eigenvalue weighted by atomic mass is 10.3. The lowest BCUT2D eigenvalue weighted by Gasteiger charge is -2.12. The summed E-state index contributed by atoms with van der Waals surface area (Å²) in [5.74, 6) is 0.220. The van der Waals surface area contributed by atoms with Crippen molar-refractivity contribution in [2.45, 2.75) is 11.0 Å². The molecule has 18 heavy (non-hydrogen) atoms. The molecule has 1 atom stereocenters. The number of amides is 1. The number of rotatable bonds is 3. The van der Waals surface area contributed by atoms with Crippen LogP contribution in [0.5, 0.6) is 0 Å². The number of sulfonamides is 1. The number of halogens is 1. The minimum absolute atomic E-state index is 0.00675. The Labute approximate surface area is 109 Å². The van der Waals surface area contributed by atoms with Crippen molar-refractivity contribution in [2.24, 2.45) is 5.14 Å². The van der Waals surface area contributed by atoms with Crippen LogP contribution in [0.2, 0.25) is 0 Å². The molecule has 0 spiro atoms. The van der Waals surface area contributed by atoms with Crippen LogP contribution >= 0.6 is 11.6 Å². The molecule has 1 fully saturated rings. The van der Waals surface area contributed by atoms with Crippen LogP contribution in [-0.4, -0.2) is 33.0 Å². The van der Waals surface area contributed by atoms with Gasteiger partial charge in [-0.25, -0.2) is 18.4 Å². The maximum Gasteiger partial charge on any atom is 0.414 e. The molecule has 8 heteroatoms. The molecule has 2 N–H and O–H groups in total. The first kappa shape index (κ1) is 13.1. The number of carbonyl (C=O) groups is 1. The minimum Gasteiger partial charge on any atom is -0.443 e. The van der Waals surface area contributed by atoms with Crippen molar-refractivity contribution in [2.75, 3.05) is 17.3 Å².